The van der Waals surface area contributed by atoms with Crippen LogP contribution in [0.25, 0.3) is 0 Å². The molecule has 3 aromatic carbocycles. The van der Waals surface area contributed by atoms with Crippen molar-refractivity contribution >= 4 is 39.1 Å². The Labute approximate surface area is 253 Å². The maximum atomic E-state index is 14.1. The van der Waals surface area contributed by atoms with Gasteiger partial charge in [0.2, 0.25) is 11.8 Å². The van der Waals surface area contributed by atoms with Crippen LogP contribution in [-0.4, -0.2) is 58.0 Å². The van der Waals surface area contributed by atoms with E-state index >= 15 is 0 Å². The lowest BCUT2D eigenvalue weighted by Crippen LogP contribution is -2.52. The van der Waals surface area contributed by atoms with Gasteiger partial charge in [-0.2, -0.15) is 0 Å². The maximum absolute atomic E-state index is 14.1. The van der Waals surface area contributed by atoms with Crippen LogP contribution in [0, 0.1) is 6.92 Å². The van der Waals surface area contributed by atoms with E-state index in [0.717, 1.165) is 15.4 Å². The van der Waals surface area contributed by atoms with Crippen molar-refractivity contribution < 1.29 is 27.5 Å². The summed E-state index contributed by atoms with van der Waals surface area (Å²) in [4.78, 5) is 28.6. The molecule has 11 heteroatoms. The number of rotatable bonds is 13. The van der Waals surface area contributed by atoms with Gasteiger partial charge in [0.05, 0.1) is 24.8 Å². The number of nitrogens with zero attached hydrogens (tertiary/aromatic N) is 2. The molecule has 2 amide bonds. The first-order valence-corrected chi connectivity index (χ1v) is 15.4. The van der Waals surface area contributed by atoms with Crippen molar-refractivity contribution in [3.63, 3.8) is 0 Å². The highest BCUT2D eigenvalue weighted by atomic mass is 35.5. The van der Waals surface area contributed by atoms with Crippen LogP contribution in [0.1, 0.15) is 38.3 Å². The molecule has 0 aliphatic heterocycles. The summed E-state index contributed by atoms with van der Waals surface area (Å²) in [5.74, 6) is -0.209. The van der Waals surface area contributed by atoms with Crippen LogP contribution in [0.2, 0.25) is 5.02 Å². The average Bonchev–Trinajstić information content (AvgIpc) is 2.98. The summed E-state index contributed by atoms with van der Waals surface area (Å²) < 4.78 is 39.8. The van der Waals surface area contributed by atoms with Crippen molar-refractivity contribution in [2.24, 2.45) is 0 Å². The number of halogens is 1. The van der Waals surface area contributed by atoms with E-state index in [1.54, 1.807) is 55.5 Å². The van der Waals surface area contributed by atoms with Gasteiger partial charge < -0.3 is 19.7 Å². The van der Waals surface area contributed by atoms with Crippen LogP contribution in [0.4, 0.5) is 5.69 Å². The molecule has 0 heterocycles. The molecular weight excluding hydrogens is 578 g/mol. The number of ether oxygens (including phenoxy) is 2. The molecule has 2 atom stereocenters. The highest BCUT2D eigenvalue weighted by Crippen LogP contribution is 2.34. The first-order valence-electron chi connectivity index (χ1n) is 13.6. The third kappa shape index (κ3) is 7.95. The predicted octanol–water partition coefficient (Wildman–Crippen LogP) is 5.19. The van der Waals surface area contributed by atoms with Crippen molar-refractivity contribution in [2.75, 3.05) is 25.1 Å². The molecule has 0 aromatic heterocycles. The molecule has 0 aliphatic rings. The smallest absolute Gasteiger partial charge is 0.264 e. The van der Waals surface area contributed by atoms with Gasteiger partial charge in [0.1, 0.15) is 12.6 Å². The van der Waals surface area contributed by atoms with E-state index in [9.17, 15) is 18.0 Å². The number of carbonyl (C=O) groups excluding carboxylic acids is 2. The van der Waals surface area contributed by atoms with Crippen molar-refractivity contribution in [2.45, 2.75) is 57.6 Å². The van der Waals surface area contributed by atoms with Gasteiger partial charge in [0.15, 0.2) is 11.5 Å². The number of aryl methyl sites for hydroxylation is 1. The second-order valence-corrected chi connectivity index (χ2v) is 12.3. The zero-order valence-electron chi connectivity index (χ0n) is 24.8. The second-order valence-electron chi connectivity index (χ2n) is 10.0. The van der Waals surface area contributed by atoms with Crippen molar-refractivity contribution in [3.05, 3.63) is 82.9 Å². The van der Waals surface area contributed by atoms with E-state index in [1.165, 1.54) is 37.3 Å². The molecule has 42 heavy (non-hydrogen) atoms. The van der Waals surface area contributed by atoms with Crippen LogP contribution in [0.15, 0.2) is 71.6 Å². The first kappa shape index (κ1) is 32.8. The third-order valence-electron chi connectivity index (χ3n) is 6.98. The van der Waals surface area contributed by atoms with Crippen LogP contribution in [0.3, 0.4) is 0 Å². The molecule has 226 valence electrons. The molecule has 0 unspecified atom stereocenters. The SMILES string of the molecule is CC[C@H](C)NC(=O)[C@@H](C)N(Cc1ccc(Cl)cc1)C(=O)CN(c1ccc(OC)c(OC)c1)S(=O)(=O)c1ccc(C)cc1. The molecule has 0 saturated heterocycles. The van der Waals surface area contributed by atoms with E-state index < -0.39 is 28.5 Å². The van der Waals surface area contributed by atoms with E-state index in [-0.39, 0.29) is 29.1 Å². The normalized spacial score (nSPS) is 12.6. The minimum atomic E-state index is -4.22. The summed E-state index contributed by atoms with van der Waals surface area (Å²) in [7, 11) is -1.30. The number of hydrogen-bond donors (Lipinski definition) is 1. The van der Waals surface area contributed by atoms with Gasteiger partial charge in [0, 0.05) is 23.7 Å². The standard InChI is InChI=1S/C31H38ClN3O6S/c1-7-22(3)33-31(37)23(4)34(19-24-10-12-25(32)13-11-24)30(36)20-35(26-14-17-28(40-5)29(18-26)41-6)42(38,39)27-15-8-21(2)9-16-27/h8-18,22-23H,7,19-20H2,1-6H3,(H,33,37)/t22-,23+/m0/s1. The lowest BCUT2D eigenvalue weighted by Gasteiger charge is -2.32. The van der Waals surface area contributed by atoms with E-state index in [0.29, 0.717) is 22.9 Å². The summed E-state index contributed by atoms with van der Waals surface area (Å²) in [5, 5.41) is 3.45. The Hall–Kier alpha value is -3.76. The number of hydrogen-bond acceptors (Lipinski definition) is 6. The molecule has 3 rings (SSSR count). The lowest BCUT2D eigenvalue weighted by atomic mass is 10.1. The predicted molar refractivity (Wildman–Crippen MR) is 165 cm³/mol. The molecule has 1 N–H and O–H groups in total. The molecule has 0 spiro atoms. The third-order valence-corrected chi connectivity index (χ3v) is 9.02. The molecule has 0 aliphatic carbocycles. The molecule has 9 nitrogen and oxygen atoms in total. The Morgan fingerprint density at radius 2 is 1.55 bits per heavy atom. The molecule has 0 bridgehead atoms. The zero-order chi connectivity index (χ0) is 31.0. The number of sulfonamides is 1. The minimum Gasteiger partial charge on any atom is -0.493 e. The molecule has 0 fully saturated rings. The van der Waals surface area contributed by atoms with Gasteiger partial charge >= 0.3 is 0 Å². The number of nitrogens with one attached hydrogen (secondary N) is 1. The first-order chi connectivity index (χ1) is 19.9. The van der Waals surface area contributed by atoms with Crippen LogP contribution in [-0.2, 0) is 26.2 Å². The molecule has 3 aromatic rings. The summed E-state index contributed by atoms with van der Waals surface area (Å²) in [6.45, 7) is 6.80. The lowest BCUT2D eigenvalue weighted by molar-refractivity contribution is -0.139. The van der Waals surface area contributed by atoms with Gasteiger partial charge in [0.25, 0.3) is 10.0 Å². The van der Waals surface area contributed by atoms with Gasteiger partial charge in [-0.25, -0.2) is 8.42 Å². The Kier molecular flexibility index (Phi) is 11.2. The Bertz CT molecular complexity index is 1480. The summed E-state index contributed by atoms with van der Waals surface area (Å²) >= 11 is 6.06. The zero-order valence-corrected chi connectivity index (χ0v) is 26.3. The van der Waals surface area contributed by atoms with Crippen LogP contribution >= 0.6 is 11.6 Å². The number of methoxy groups -OCH3 is 2. The summed E-state index contributed by atoms with van der Waals surface area (Å²) in [5.41, 5.74) is 1.82. The van der Waals surface area contributed by atoms with Gasteiger partial charge in [-0.3, -0.25) is 13.9 Å². The van der Waals surface area contributed by atoms with Gasteiger partial charge in [-0.1, -0.05) is 48.4 Å². The molecular formula is C31H38ClN3O6S. The number of carbonyl (C=O) groups is 2. The Balaban J connectivity index is 2.08. The van der Waals surface area contributed by atoms with E-state index in [1.807, 2.05) is 20.8 Å². The Morgan fingerprint density at radius 1 is 0.929 bits per heavy atom. The fourth-order valence-corrected chi connectivity index (χ4v) is 5.71. The average molecular weight is 616 g/mol. The van der Waals surface area contributed by atoms with Gasteiger partial charge in [-0.15, -0.1) is 0 Å². The summed E-state index contributed by atoms with van der Waals surface area (Å²) in [6.07, 6.45) is 0.714. The highest BCUT2D eigenvalue weighted by Gasteiger charge is 2.33. The number of anilines is 1. The second kappa shape index (κ2) is 14.4. The van der Waals surface area contributed by atoms with Crippen LogP contribution in [0.5, 0.6) is 11.5 Å². The number of benzene rings is 3. The maximum Gasteiger partial charge on any atom is 0.264 e. The van der Waals surface area contributed by atoms with Gasteiger partial charge in [-0.05, 0) is 69.2 Å². The Morgan fingerprint density at radius 3 is 2.12 bits per heavy atom. The number of amides is 2. The fourth-order valence-electron chi connectivity index (χ4n) is 4.18. The minimum absolute atomic E-state index is 0.0162. The monoisotopic (exact) mass is 615 g/mol. The van der Waals surface area contributed by atoms with E-state index in [2.05, 4.69) is 5.32 Å². The summed E-state index contributed by atoms with van der Waals surface area (Å²) in [6, 6.07) is 16.9. The molecule has 0 saturated carbocycles. The van der Waals surface area contributed by atoms with E-state index in [4.69, 9.17) is 21.1 Å². The molecule has 0 radical (unpaired) electrons. The fraction of sp³-hybridized carbons (Fsp3) is 0.355. The largest absolute Gasteiger partial charge is 0.493 e. The highest BCUT2D eigenvalue weighted by molar-refractivity contribution is 7.92. The van der Waals surface area contributed by atoms with Crippen molar-refractivity contribution in [3.8, 4) is 11.5 Å². The van der Waals surface area contributed by atoms with Crippen molar-refractivity contribution in [1.29, 1.82) is 0 Å². The topological polar surface area (TPSA) is 105 Å². The van der Waals surface area contributed by atoms with Crippen LogP contribution < -0.4 is 19.1 Å². The quantitative estimate of drug-likeness (QED) is 0.284. The van der Waals surface area contributed by atoms with Crippen molar-refractivity contribution in [1.82, 2.24) is 10.2 Å².